The van der Waals surface area contributed by atoms with Gasteiger partial charge in [0.15, 0.2) is 0 Å². The summed E-state index contributed by atoms with van der Waals surface area (Å²) in [6.07, 6.45) is 29.5. The van der Waals surface area contributed by atoms with Crippen LogP contribution < -0.4 is 10.2 Å². The maximum atomic E-state index is 12.8. The van der Waals surface area contributed by atoms with E-state index in [1.807, 2.05) is 21.1 Å². The minimum Gasteiger partial charge on any atom is -0.756 e. The molecule has 0 aliphatic rings. The Bertz CT molecular complexity index is 733. The maximum absolute atomic E-state index is 12.8. The fraction of sp³-hybridized carbons (Fsp3) is 0.973. The fourth-order valence-corrected chi connectivity index (χ4v) is 6.41. The smallest absolute Gasteiger partial charge is 0.268 e. The topological polar surface area (TPSA) is 108 Å². The number of carbonyl (C=O) groups is 1. The first kappa shape index (κ1) is 45.5. The van der Waals surface area contributed by atoms with Crippen molar-refractivity contribution in [1.29, 1.82) is 0 Å². The second-order valence-corrected chi connectivity index (χ2v) is 16.1. The third-order valence-electron chi connectivity index (χ3n) is 8.85. The van der Waals surface area contributed by atoms with Crippen molar-refractivity contribution in [3.8, 4) is 0 Å². The minimum absolute atomic E-state index is 0.0155. The van der Waals surface area contributed by atoms with E-state index in [1.54, 1.807) is 0 Å². The van der Waals surface area contributed by atoms with Crippen molar-refractivity contribution in [2.75, 3.05) is 40.9 Å². The summed E-state index contributed by atoms with van der Waals surface area (Å²) in [5.41, 5.74) is 0. The summed E-state index contributed by atoms with van der Waals surface area (Å²) in [7, 11) is 1.31. The third-order valence-corrected chi connectivity index (χ3v) is 9.81. The van der Waals surface area contributed by atoms with Crippen LogP contribution in [0, 0.1) is 0 Å². The summed E-state index contributed by atoms with van der Waals surface area (Å²) in [5, 5.41) is 13.8. The first-order valence-corrected chi connectivity index (χ1v) is 20.8. The number of likely N-dealkylation sites (N-methyl/N-ethyl adjacent to an activating group) is 1. The monoisotopic (exact) mass is 677 g/mol. The van der Waals surface area contributed by atoms with Crippen molar-refractivity contribution in [3.63, 3.8) is 0 Å². The molecule has 0 aliphatic carbocycles. The molecule has 0 heterocycles. The van der Waals surface area contributed by atoms with Gasteiger partial charge in [0.1, 0.15) is 13.2 Å². The molecule has 3 atom stereocenters. The molecule has 46 heavy (non-hydrogen) atoms. The normalized spacial score (nSPS) is 14.7. The van der Waals surface area contributed by atoms with Gasteiger partial charge in [-0.05, 0) is 12.8 Å². The number of unbranched alkanes of at least 4 members (excludes halogenated alkanes) is 22. The quantitative estimate of drug-likeness (QED) is 0.0394. The standard InChI is InChI=1S/C37H77N2O6P/c1-6-8-10-12-14-16-18-20-22-24-26-28-30-36(40)35(34-45-46(42,43)44-33-32-39(3,4)5)38-37(41)31-29-27-25-23-21-19-17-15-13-11-9-7-2/h35-36,40H,6-34H2,1-5H3,(H-,38,41,42,43). The van der Waals surface area contributed by atoms with Crippen LogP contribution in [0.15, 0.2) is 0 Å². The molecule has 0 spiro atoms. The number of phosphoric ester groups is 1. The number of nitrogens with zero attached hydrogens (tertiary/aromatic N) is 1. The number of aliphatic hydroxyl groups excluding tert-OH is 1. The molecule has 3 unspecified atom stereocenters. The summed E-state index contributed by atoms with van der Waals surface area (Å²) in [6.45, 7) is 4.70. The van der Waals surface area contributed by atoms with E-state index in [-0.39, 0.29) is 19.1 Å². The molecular weight excluding hydrogens is 599 g/mol. The Kier molecular flexibility index (Phi) is 30.2. The van der Waals surface area contributed by atoms with E-state index >= 15 is 0 Å². The zero-order valence-corrected chi connectivity index (χ0v) is 31.9. The van der Waals surface area contributed by atoms with Gasteiger partial charge >= 0.3 is 0 Å². The predicted molar refractivity (Wildman–Crippen MR) is 192 cm³/mol. The predicted octanol–water partition coefficient (Wildman–Crippen LogP) is 9.22. The molecule has 0 aromatic carbocycles. The van der Waals surface area contributed by atoms with Gasteiger partial charge in [-0.2, -0.15) is 0 Å². The first-order chi connectivity index (χ1) is 22.0. The lowest BCUT2D eigenvalue weighted by atomic mass is 10.0. The molecule has 0 rings (SSSR count). The van der Waals surface area contributed by atoms with Crippen LogP contribution in [-0.4, -0.2) is 68.5 Å². The van der Waals surface area contributed by atoms with Gasteiger partial charge in [0.2, 0.25) is 5.91 Å². The van der Waals surface area contributed by atoms with Crippen LogP contribution in [0.3, 0.4) is 0 Å². The van der Waals surface area contributed by atoms with Crippen LogP contribution in [-0.2, 0) is 18.4 Å². The Balaban J connectivity index is 4.45. The zero-order valence-electron chi connectivity index (χ0n) is 31.0. The Hall–Kier alpha value is -0.500. The Morgan fingerprint density at radius 2 is 1.07 bits per heavy atom. The van der Waals surface area contributed by atoms with Crippen LogP contribution in [0.25, 0.3) is 0 Å². The second kappa shape index (κ2) is 30.6. The number of amides is 1. The van der Waals surface area contributed by atoms with Crippen molar-refractivity contribution >= 4 is 13.7 Å². The summed E-state index contributed by atoms with van der Waals surface area (Å²) < 4.78 is 23.1. The van der Waals surface area contributed by atoms with Crippen LogP contribution in [0.5, 0.6) is 0 Å². The summed E-state index contributed by atoms with van der Waals surface area (Å²) in [5.74, 6) is -0.166. The number of hydrogen-bond acceptors (Lipinski definition) is 6. The minimum atomic E-state index is -4.55. The average molecular weight is 677 g/mol. The van der Waals surface area contributed by atoms with Gasteiger partial charge in [-0.3, -0.25) is 9.36 Å². The third kappa shape index (κ3) is 32.1. The van der Waals surface area contributed by atoms with E-state index in [2.05, 4.69) is 19.2 Å². The highest BCUT2D eigenvalue weighted by Crippen LogP contribution is 2.38. The molecular formula is C37H77N2O6P. The molecule has 8 nitrogen and oxygen atoms in total. The summed E-state index contributed by atoms with van der Waals surface area (Å²) in [4.78, 5) is 25.1. The van der Waals surface area contributed by atoms with E-state index in [4.69, 9.17) is 9.05 Å². The van der Waals surface area contributed by atoms with Gasteiger partial charge in [0.05, 0.1) is 39.9 Å². The molecule has 1 amide bonds. The Morgan fingerprint density at radius 1 is 0.674 bits per heavy atom. The van der Waals surface area contributed by atoms with Crippen LogP contribution in [0.1, 0.15) is 181 Å². The lowest BCUT2D eigenvalue weighted by Gasteiger charge is -2.30. The van der Waals surface area contributed by atoms with Gasteiger partial charge < -0.3 is 28.8 Å². The zero-order chi connectivity index (χ0) is 34.4. The highest BCUT2D eigenvalue weighted by Gasteiger charge is 2.24. The second-order valence-electron chi connectivity index (χ2n) is 14.6. The lowest BCUT2D eigenvalue weighted by molar-refractivity contribution is -0.870. The SMILES string of the molecule is CCCCCCCCCCCCCCC(=O)NC(COP(=O)([O-])OCC[N+](C)(C)C)C(O)CCCCCCCCCCCCCC. The Labute approximate surface area is 285 Å². The fourth-order valence-electron chi connectivity index (χ4n) is 5.69. The number of carbonyl (C=O) groups excluding carboxylic acids is 1. The van der Waals surface area contributed by atoms with Crippen LogP contribution in [0.2, 0.25) is 0 Å². The Morgan fingerprint density at radius 3 is 1.48 bits per heavy atom. The number of nitrogens with one attached hydrogen (secondary N) is 1. The molecule has 0 aliphatic heterocycles. The molecule has 0 fully saturated rings. The number of rotatable bonds is 35. The van der Waals surface area contributed by atoms with Gasteiger partial charge in [0.25, 0.3) is 7.82 Å². The van der Waals surface area contributed by atoms with E-state index < -0.39 is 20.0 Å². The molecule has 0 radical (unpaired) electrons. The van der Waals surface area contributed by atoms with Gasteiger partial charge in [0, 0.05) is 6.42 Å². The molecule has 276 valence electrons. The lowest BCUT2D eigenvalue weighted by Crippen LogP contribution is -2.46. The maximum Gasteiger partial charge on any atom is 0.268 e. The summed E-state index contributed by atoms with van der Waals surface area (Å²) >= 11 is 0. The average Bonchev–Trinajstić information content (AvgIpc) is 2.99. The van der Waals surface area contributed by atoms with Crippen LogP contribution >= 0.6 is 7.82 Å². The number of hydrogen-bond donors (Lipinski definition) is 2. The molecule has 0 aromatic rings. The highest BCUT2D eigenvalue weighted by molar-refractivity contribution is 7.45. The number of phosphoric acid groups is 1. The summed E-state index contributed by atoms with van der Waals surface area (Å²) in [6, 6.07) is -0.790. The first-order valence-electron chi connectivity index (χ1n) is 19.4. The molecule has 0 aromatic heterocycles. The van der Waals surface area contributed by atoms with Crippen molar-refractivity contribution in [2.45, 2.75) is 193 Å². The molecule has 0 saturated carbocycles. The van der Waals surface area contributed by atoms with Crippen molar-refractivity contribution < 1.29 is 32.9 Å². The largest absolute Gasteiger partial charge is 0.756 e. The van der Waals surface area contributed by atoms with Gasteiger partial charge in [-0.25, -0.2) is 0 Å². The van der Waals surface area contributed by atoms with Crippen molar-refractivity contribution in [3.05, 3.63) is 0 Å². The van der Waals surface area contributed by atoms with E-state index in [0.717, 1.165) is 38.5 Å². The number of aliphatic hydroxyl groups is 1. The number of quaternary nitrogens is 1. The van der Waals surface area contributed by atoms with E-state index in [1.165, 1.54) is 116 Å². The molecule has 0 saturated heterocycles. The van der Waals surface area contributed by atoms with Gasteiger partial charge in [-0.1, -0.05) is 162 Å². The molecule has 2 N–H and O–H groups in total. The van der Waals surface area contributed by atoms with Crippen molar-refractivity contribution in [2.24, 2.45) is 0 Å². The van der Waals surface area contributed by atoms with E-state index in [9.17, 15) is 19.4 Å². The van der Waals surface area contributed by atoms with Crippen LogP contribution in [0.4, 0.5) is 0 Å². The van der Waals surface area contributed by atoms with Gasteiger partial charge in [-0.15, -0.1) is 0 Å². The van der Waals surface area contributed by atoms with Crippen molar-refractivity contribution in [1.82, 2.24) is 5.32 Å². The van der Waals surface area contributed by atoms with E-state index in [0.29, 0.717) is 23.9 Å². The highest BCUT2D eigenvalue weighted by atomic mass is 31.2. The molecule has 9 heteroatoms. The molecule has 0 bridgehead atoms.